The number of esters is 1. The van der Waals surface area contributed by atoms with Crippen molar-refractivity contribution in [2.75, 3.05) is 34.0 Å². The summed E-state index contributed by atoms with van der Waals surface area (Å²) >= 11 is 0. The van der Waals surface area contributed by atoms with Crippen molar-refractivity contribution in [3.8, 4) is 17.2 Å². The van der Waals surface area contributed by atoms with Crippen LogP contribution in [0, 0.1) is 13.8 Å². The second-order valence-electron chi connectivity index (χ2n) is 7.57. The van der Waals surface area contributed by atoms with Crippen LogP contribution in [0.2, 0.25) is 0 Å². The van der Waals surface area contributed by atoms with Crippen molar-refractivity contribution in [3.05, 3.63) is 52.6 Å². The number of hydrogen-bond donors (Lipinski definition) is 0. The molecule has 0 aliphatic carbocycles. The molecule has 1 aliphatic heterocycles. The monoisotopic (exact) mass is 427 g/mol. The van der Waals surface area contributed by atoms with Gasteiger partial charge in [-0.05, 0) is 60.7 Å². The van der Waals surface area contributed by atoms with Gasteiger partial charge in [-0.2, -0.15) is 0 Å². The summed E-state index contributed by atoms with van der Waals surface area (Å²) in [6.07, 6.45) is 0.791. The van der Waals surface area contributed by atoms with Crippen LogP contribution in [0.15, 0.2) is 30.3 Å². The molecule has 0 saturated heterocycles. The minimum Gasteiger partial charge on any atom is -0.493 e. The van der Waals surface area contributed by atoms with Crippen molar-refractivity contribution in [1.82, 2.24) is 4.90 Å². The first kappa shape index (κ1) is 22.5. The summed E-state index contributed by atoms with van der Waals surface area (Å²) in [6.45, 7) is 4.88. The van der Waals surface area contributed by atoms with Crippen LogP contribution in [0.1, 0.15) is 28.7 Å². The van der Waals surface area contributed by atoms with Crippen LogP contribution in [0.5, 0.6) is 17.2 Å². The van der Waals surface area contributed by atoms with E-state index in [4.69, 9.17) is 18.9 Å². The number of amides is 1. The Morgan fingerprint density at radius 2 is 1.68 bits per heavy atom. The topological polar surface area (TPSA) is 74.3 Å². The Bertz CT molecular complexity index is 955. The highest BCUT2D eigenvalue weighted by Gasteiger charge is 2.23. The number of fused-ring (bicyclic) bond motifs is 1. The lowest BCUT2D eigenvalue weighted by molar-refractivity contribution is -0.152. The largest absolute Gasteiger partial charge is 0.493 e. The molecule has 3 rings (SSSR count). The molecule has 0 fully saturated rings. The van der Waals surface area contributed by atoms with Crippen molar-refractivity contribution in [2.45, 2.75) is 33.2 Å². The summed E-state index contributed by atoms with van der Waals surface area (Å²) in [4.78, 5) is 26.2. The van der Waals surface area contributed by atoms with Gasteiger partial charge in [-0.25, -0.2) is 0 Å². The third kappa shape index (κ3) is 5.69. The molecule has 0 radical (unpaired) electrons. The molecule has 0 aromatic heterocycles. The fourth-order valence-corrected chi connectivity index (χ4v) is 3.51. The zero-order valence-electron chi connectivity index (χ0n) is 18.5. The first-order valence-electron chi connectivity index (χ1n) is 10.3. The van der Waals surface area contributed by atoms with E-state index in [0.29, 0.717) is 31.0 Å². The molecular weight excluding hydrogens is 398 g/mol. The Morgan fingerprint density at radius 3 is 2.39 bits per heavy atom. The minimum atomic E-state index is -0.456. The van der Waals surface area contributed by atoms with Crippen molar-refractivity contribution >= 4 is 11.9 Å². The first-order valence-corrected chi connectivity index (χ1v) is 10.3. The van der Waals surface area contributed by atoms with Crippen LogP contribution in [-0.4, -0.2) is 50.8 Å². The van der Waals surface area contributed by atoms with E-state index < -0.39 is 5.97 Å². The average molecular weight is 427 g/mol. The number of nitrogens with zero attached hydrogens (tertiary/aromatic N) is 1. The molecule has 7 nitrogen and oxygen atoms in total. The maximum atomic E-state index is 12.5. The van der Waals surface area contributed by atoms with Crippen LogP contribution in [0.4, 0.5) is 0 Å². The van der Waals surface area contributed by atoms with E-state index in [0.717, 1.165) is 28.0 Å². The molecular formula is C24H29NO6. The van der Waals surface area contributed by atoms with Gasteiger partial charge < -0.3 is 23.8 Å². The van der Waals surface area contributed by atoms with E-state index in [9.17, 15) is 9.59 Å². The molecule has 31 heavy (non-hydrogen) atoms. The van der Waals surface area contributed by atoms with Crippen LogP contribution < -0.4 is 14.2 Å². The molecule has 1 amide bonds. The minimum absolute atomic E-state index is 0.0838. The van der Waals surface area contributed by atoms with Crippen LogP contribution in [-0.2, 0) is 27.3 Å². The normalized spacial score (nSPS) is 12.7. The van der Waals surface area contributed by atoms with E-state index in [1.807, 2.05) is 44.2 Å². The summed E-state index contributed by atoms with van der Waals surface area (Å²) < 4.78 is 21.5. The highest BCUT2D eigenvalue weighted by molar-refractivity contribution is 5.81. The Hall–Kier alpha value is -3.22. The number of rotatable bonds is 8. The highest BCUT2D eigenvalue weighted by Crippen LogP contribution is 2.33. The standard InChI is InChI=1S/C24H29NO6/c1-16-5-6-17(2)20(11-16)30-10-8-24(27)31-15-23(26)25-9-7-18-12-21(28-3)22(29-4)13-19(18)14-25/h5-6,11-13H,7-10,14-15H2,1-4H3. The van der Waals surface area contributed by atoms with E-state index in [1.165, 1.54) is 0 Å². The van der Waals surface area contributed by atoms with Gasteiger partial charge in [-0.1, -0.05) is 12.1 Å². The Labute approximate surface area is 182 Å². The molecule has 166 valence electrons. The van der Waals surface area contributed by atoms with Gasteiger partial charge in [0.05, 0.1) is 27.2 Å². The number of hydrogen-bond acceptors (Lipinski definition) is 6. The third-order valence-corrected chi connectivity index (χ3v) is 5.33. The molecule has 7 heteroatoms. The highest BCUT2D eigenvalue weighted by atomic mass is 16.5. The lowest BCUT2D eigenvalue weighted by Crippen LogP contribution is -2.38. The Kier molecular flexibility index (Phi) is 7.39. The molecule has 2 aromatic rings. The number of aryl methyl sites for hydroxylation is 2. The summed E-state index contributed by atoms with van der Waals surface area (Å²) in [7, 11) is 3.18. The van der Waals surface area contributed by atoms with Gasteiger partial charge in [-0.3, -0.25) is 9.59 Å². The fourth-order valence-electron chi connectivity index (χ4n) is 3.51. The van der Waals surface area contributed by atoms with Gasteiger partial charge in [-0.15, -0.1) is 0 Å². The summed E-state index contributed by atoms with van der Waals surface area (Å²) in [5.74, 6) is 1.39. The molecule has 0 unspecified atom stereocenters. The fraction of sp³-hybridized carbons (Fsp3) is 0.417. The molecule has 0 saturated carbocycles. The van der Waals surface area contributed by atoms with Gasteiger partial charge in [0.15, 0.2) is 18.1 Å². The van der Waals surface area contributed by atoms with Crippen molar-refractivity contribution in [2.24, 2.45) is 0 Å². The second kappa shape index (κ2) is 10.2. The first-order chi connectivity index (χ1) is 14.9. The molecule has 0 atom stereocenters. The maximum absolute atomic E-state index is 12.5. The molecule has 0 N–H and O–H groups in total. The number of carbonyl (C=O) groups excluding carboxylic acids is 2. The van der Waals surface area contributed by atoms with Crippen molar-refractivity contribution < 1.29 is 28.5 Å². The van der Waals surface area contributed by atoms with E-state index in [-0.39, 0.29) is 25.5 Å². The molecule has 0 spiro atoms. The number of benzene rings is 2. The molecule has 0 bridgehead atoms. The molecule has 1 aliphatic rings. The van der Waals surface area contributed by atoms with E-state index in [2.05, 4.69) is 0 Å². The SMILES string of the molecule is COc1cc2c(cc1OC)CN(C(=O)COC(=O)CCOc1cc(C)ccc1C)CC2. The Balaban J connectivity index is 1.46. The lowest BCUT2D eigenvalue weighted by Gasteiger charge is -2.29. The average Bonchev–Trinajstić information content (AvgIpc) is 2.78. The maximum Gasteiger partial charge on any atom is 0.309 e. The zero-order chi connectivity index (χ0) is 22.4. The van der Waals surface area contributed by atoms with Crippen molar-refractivity contribution in [1.29, 1.82) is 0 Å². The van der Waals surface area contributed by atoms with Gasteiger partial charge in [0.2, 0.25) is 0 Å². The van der Waals surface area contributed by atoms with E-state index >= 15 is 0 Å². The quantitative estimate of drug-likeness (QED) is 0.603. The van der Waals surface area contributed by atoms with Gasteiger partial charge in [0.1, 0.15) is 5.75 Å². The lowest BCUT2D eigenvalue weighted by atomic mass is 9.99. The number of carbonyl (C=O) groups is 2. The number of ether oxygens (including phenoxy) is 4. The number of methoxy groups -OCH3 is 2. The second-order valence-corrected chi connectivity index (χ2v) is 7.57. The van der Waals surface area contributed by atoms with Crippen LogP contribution >= 0.6 is 0 Å². The predicted octanol–water partition coefficient (Wildman–Crippen LogP) is 3.22. The molecule has 2 aromatic carbocycles. The van der Waals surface area contributed by atoms with Gasteiger partial charge in [0, 0.05) is 13.1 Å². The third-order valence-electron chi connectivity index (χ3n) is 5.33. The van der Waals surface area contributed by atoms with Gasteiger partial charge >= 0.3 is 5.97 Å². The van der Waals surface area contributed by atoms with Crippen LogP contribution in [0.3, 0.4) is 0 Å². The van der Waals surface area contributed by atoms with Gasteiger partial charge in [0.25, 0.3) is 5.91 Å². The predicted molar refractivity (Wildman–Crippen MR) is 116 cm³/mol. The molecule has 1 heterocycles. The van der Waals surface area contributed by atoms with Crippen LogP contribution in [0.25, 0.3) is 0 Å². The summed E-state index contributed by atoms with van der Waals surface area (Å²) in [5, 5.41) is 0. The smallest absolute Gasteiger partial charge is 0.309 e. The summed E-state index contributed by atoms with van der Waals surface area (Å²) in [6, 6.07) is 9.76. The van der Waals surface area contributed by atoms with Crippen molar-refractivity contribution in [3.63, 3.8) is 0 Å². The Morgan fingerprint density at radius 1 is 0.968 bits per heavy atom. The van der Waals surface area contributed by atoms with E-state index in [1.54, 1.807) is 19.1 Å². The zero-order valence-corrected chi connectivity index (χ0v) is 18.5. The summed E-state index contributed by atoms with van der Waals surface area (Å²) in [5.41, 5.74) is 4.23.